The monoisotopic (exact) mass is 289 g/mol. The van der Waals surface area contributed by atoms with Crippen molar-refractivity contribution in [3.05, 3.63) is 40.9 Å². The van der Waals surface area contributed by atoms with Crippen LogP contribution in [0.25, 0.3) is 0 Å². The first-order valence-corrected chi connectivity index (χ1v) is 7.23. The van der Waals surface area contributed by atoms with Gasteiger partial charge in [-0.15, -0.1) is 11.3 Å². The summed E-state index contributed by atoms with van der Waals surface area (Å²) >= 11 is 1.53. The number of aryl methyl sites for hydroxylation is 1. The van der Waals surface area contributed by atoms with Crippen molar-refractivity contribution < 1.29 is 9.47 Å². The quantitative estimate of drug-likeness (QED) is 0.504. The Morgan fingerprint density at radius 2 is 2.30 bits per heavy atom. The van der Waals surface area contributed by atoms with Crippen LogP contribution in [-0.2, 0) is 4.74 Å². The van der Waals surface area contributed by atoms with Crippen LogP contribution in [0.4, 0.5) is 5.13 Å². The maximum atomic E-state index is 5.57. The van der Waals surface area contributed by atoms with Crippen LogP contribution in [0.2, 0.25) is 0 Å². The zero-order chi connectivity index (χ0) is 13.8. The molecule has 0 aliphatic carbocycles. The molecule has 1 fully saturated rings. The van der Waals surface area contributed by atoms with Crippen LogP contribution in [0.1, 0.15) is 11.3 Å². The van der Waals surface area contributed by atoms with Gasteiger partial charge in [-0.2, -0.15) is 5.10 Å². The summed E-state index contributed by atoms with van der Waals surface area (Å²) in [5.74, 6) is 0.848. The molecule has 0 bridgehead atoms. The minimum atomic E-state index is 0.280. The average Bonchev–Trinajstić information content (AvgIpc) is 3.20. The van der Waals surface area contributed by atoms with Crippen molar-refractivity contribution in [3.63, 3.8) is 0 Å². The molecule has 0 amide bonds. The van der Waals surface area contributed by atoms with E-state index in [1.54, 1.807) is 6.21 Å². The number of aromatic nitrogens is 1. The summed E-state index contributed by atoms with van der Waals surface area (Å²) in [6.07, 6.45) is 2.03. The van der Waals surface area contributed by atoms with Gasteiger partial charge in [-0.05, 0) is 36.8 Å². The predicted octanol–water partition coefficient (Wildman–Crippen LogP) is 2.68. The standard InChI is InChI=1S/C14H15N3O2S/c1-10-9-20-14(16-10)17-15-6-11-2-4-12(5-3-11)18-7-13-8-19-13/h2-6,9,13H,7-8H2,1H3,(H,16,17). The van der Waals surface area contributed by atoms with Gasteiger partial charge in [0.15, 0.2) is 0 Å². The fourth-order valence-electron chi connectivity index (χ4n) is 1.57. The Hall–Kier alpha value is -1.92. The van der Waals surface area contributed by atoms with Crippen LogP contribution in [-0.4, -0.2) is 30.5 Å². The lowest BCUT2D eigenvalue weighted by molar-refractivity contribution is 0.263. The van der Waals surface area contributed by atoms with Gasteiger partial charge in [0.25, 0.3) is 0 Å². The normalized spacial score (nSPS) is 17.4. The van der Waals surface area contributed by atoms with Crippen molar-refractivity contribution in [2.24, 2.45) is 5.10 Å². The number of ether oxygens (including phenoxy) is 2. The molecule has 0 radical (unpaired) electrons. The van der Waals surface area contributed by atoms with E-state index in [0.29, 0.717) is 6.61 Å². The molecule has 104 valence electrons. The molecule has 1 aliphatic heterocycles. The predicted molar refractivity (Wildman–Crippen MR) is 79.7 cm³/mol. The Labute approximate surface area is 121 Å². The number of nitrogens with one attached hydrogen (secondary N) is 1. The van der Waals surface area contributed by atoms with E-state index < -0.39 is 0 Å². The lowest BCUT2D eigenvalue weighted by atomic mass is 10.2. The highest BCUT2D eigenvalue weighted by atomic mass is 32.1. The van der Waals surface area contributed by atoms with Crippen LogP contribution in [0.5, 0.6) is 5.75 Å². The largest absolute Gasteiger partial charge is 0.491 e. The molecule has 1 atom stereocenters. The number of hydrogen-bond donors (Lipinski definition) is 1. The third-order valence-electron chi connectivity index (χ3n) is 2.71. The molecular weight excluding hydrogens is 274 g/mol. The molecule has 3 rings (SSSR count). The van der Waals surface area contributed by atoms with Crippen molar-refractivity contribution in [1.29, 1.82) is 0 Å². The fraction of sp³-hybridized carbons (Fsp3) is 0.286. The van der Waals surface area contributed by atoms with Gasteiger partial charge in [0, 0.05) is 5.38 Å². The second-order valence-electron chi connectivity index (χ2n) is 4.50. The minimum absolute atomic E-state index is 0.280. The smallest absolute Gasteiger partial charge is 0.203 e. The first-order valence-electron chi connectivity index (χ1n) is 6.35. The number of hydrogen-bond acceptors (Lipinski definition) is 6. The van der Waals surface area contributed by atoms with Crippen molar-refractivity contribution in [2.75, 3.05) is 18.6 Å². The van der Waals surface area contributed by atoms with E-state index in [2.05, 4.69) is 15.5 Å². The van der Waals surface area contributed by atoms with Gasteiger partial charge in [-0.25, -0.2) is 4.98 Å². The van der Waals surface area contributed by atoms with E-state index in [1.165, 1.54) is 11.3 Å². The molecule has 20 heavy (non-hydrogen) atoms. The summed E-state index contributed by atoms with van der Waals surface area (Å²) in [5, 5.41) is 6.93. The molecule has 1 saturated heterocycles. The topological polar surface area (TPSA) is 59.0 Å². The van der Waals surface area contributed by atoms with E-state index >= 15 is 0 Å². The summed E-state index contributed by atoms with van der Waals surface area (Å²) in [6.45, 7) is 3.39. The first-order chi connectivity index (χ1) is 9.79. The van der Waals surface area contributed by atoms with Crippen LogP contribution in [0, 0.1) is 6.92 Å². The summed E-state index contributed by atoms with van der Waals surface area (Å²) < 4.78 is 10.7. The summed E-state index contributed by atoms with van der Waals surface area (Å²) in [6, 6.07) is 7.78. The van der Waals surface area contributed by atoms with E-state index in [1.807, 2.05) is 36.6 Å². The Morgan fingerprint density at radius 1 is 1.50 bits per heavy atom. The van der Waals surface area contributed by atoms with Crippen LogP contribution >= 0.6 is 11.3 Å². The molecule has 1 aromatic carbocycles. The first kappa shape index (κ1) is 13.1. The van der Waals surface area contributed by atoms with Gasteiger partial charge in [0.1, 0.15) is 18.5 Å². The Balaban J connectivity index is 1.51. The average molecular weight is 289 g/mol. The van der Waals surface area contributed by atoms with Gasteiger partial charge >= 0.3 is 0 Å². The summed E-state index contributed by atoms with van der Waals surface area (Å²) in [4.78, 5) is 4.26. The number of nitrogens with zero attached hydrogens (tertiary/aromatic N) is 2. The molecule has 1 N–H and O–H groups in total. The molecule has 6 heteroatoms. The third-order valence-corrected chi connectivity index (χ3v) is 3.58. The lowest BCUT2D eigenvalue weighted by Gasteiger charge is -2.03. The van der Waals surface area contributed by atoms with E-state index in [4.69, 9.17) is 9.47 Å². The molecule has 0 spiro atoms. The number of rotatable bonds is 6. The molecule has 2 aromatic rings. The maximum Gasteiger partial charge on any atom is 0.203 e. The van der Waals surface area contributed by atoms with Crippen molar-refractivity contribution in [2.45, 2.75) is 13.0 Å². The Kier molecular flexibility index (Phi) is 3.94. The summed E-state index contributed by atoms with van der Waals surface area (Å²) in [5.41, 5.74) is 4.90. The third kappa shape index (κ3) is 3.79. The number of benzene rings is 1. The van der Waals surface area contributed by atoms with E-state index in [9.17, 15) is 0 Å². The summed E-state index contributed by atoms with van der Waals surface area (Å²) in [7, 11) is 0. The Bertz CT molecular complexity index is 591. The maximum absolute atomic E-state index is 5.57. The van der Waals surface area contributed by atoms with E-state index in [0.717, 1.165) is 28.7 Å². The molecule has 0 saturated carbocycles. The highest BCUT2D eigenvalue weighted by Gasteiger charge is 2.22. The van der Waals surface area contributed by atoms with Crippen LogP contribution in [0.3, 0.4) is 0 Å². The molecule has 1 aromatic heterocycles. The lowest BCUT2D eigenvalue weighted by Crippen LogP contribution is -2.03. The van der Waals surface area contributed by atoms with Crippen LogP contribution < -0.4 is 10.2 Å². The second kappa shape index (κ2) is 6.02. The Morgan fingerprint density at radius 3 is 2.95 bits per heavy atom. The second-order valence-corrected chi connectivity index (χ2v) is 5.36. The highest BCUT2D eigenvalue weighted by molar-refractivity contribution is 7.13. The van der Waals surface area contributed by atoms with Crippen molar-refractivity contribution in [3.8, 4) is 5.75 Å². The zero-order valence-electron chi connectivity index (χ0n) is 11.1. The molecular formula is C14H15N3O2S. The number of epoxide rings is 1. The molecule has 5 nitrogen and oxygen atoms in total. The van der Waals surface area contributed by atoms with Gasteiger partial charge < -0.3 is 9.47 Å². The van der Waals surface area contributed by atoms with Gasteiger partial charge in [0.2, 0.25) is 5.13 Å². The zero-order valence-corrected chi connectivity index (χ0v) is 11.9. The molecule has 2 heterocycles. The van der Waals surface area contributed by atoms with E-state index in [-0.39, 0.29) is 6.10 Å². The number of anilines is 1. The number of thiazole rings is 1. The van der Waals surface area contributed by atoms with Crippen LogP contribution in [0.15, 0.2) is 34.7 Å². The van der Waals surface area contributed by atoms with Gasteiger partial charge in [-0.1, -0.05) is 0 Å². The molecule has 1 unspecified atom stereocenters. The van der Waals surface area contributed by atoms with Gasteiger partial charge in [0.05, 0.1) is 18.5 Å². The SMILES string of the molecule is Cc1csc(NN=Cc2ccc(OCC3CO3)cc2)n1. The fourth-order valence-corrected chi connectivity index (χ4v) is 2.21. The molecule has 1 aliphatic rings. The van der Waals surface area contributed by atoms with Crippen molar-refractivity contribution >= 4 is 22.7 Å². The number of hydrazone groups is 1. The van der Waals surface area contributed by atoms with Crippen molar-refractivity contribution in [1.82, 2.24) is 4.98 Å². The highest BCUT2D eigenvalue weighted by Crippen LogP contribution is 2.16. The van der Waals surface area contributed by atoms with Gasteiger partial charge in [-0.3, -0.25) is 5.43 Å². The minimum Gasteiger partial charge on any atom is -0.491 e.